The van der Waals surface area contributed by atoms with Gasteiger partial charge in [0.05, 0.1) is 17.8 Å². The maximum atomic E-state index is 11.5. The molecular weight excluding hydrogens is 264 g/mol. The molecule has 0 aromatic heterocycles. The van der Waals surface area contributed by atoms with E-state index < -0.39 is 0 Å². The molecule has 0 fully saturated rings. The fraction of sp³-hybridized carbons (Fsp3) is 0.833. The van der Waals surface area contributed by atoms with Crippen molar-refractivity contribution in [2.75, 3.05) is 13.2 Å². The van der Waals surface area contributed by atoms with Gasteiger partial charge < -0.3 is 9.47 Å². The predicted molar refractivity (Wildman–Crippen MR) is 88.6 cm³/mol. The van der Waals surface area contributed by atoms with Gasteiger partial charge in [0, 0.05) is 13.0 Å². The fourth-order valence-electron chi connectivity index (χ4n) is 1.98. The summed E-state index contributed by atoms with van der Waals surface area (Å²) < 4.78 is 11.8. The summed E-state index contributed by atoms with van der Waals surface area (Å²) in [6.45, 7) is 17.4. The first kappa shape index (κ1) is 20.3. The Morgan fingerprint density at radius 1 is 1.00 bits per heavy atom. The Balaban J connectivity index is 3.96. The number of carbonyl (C=O) groups excluding carboxylic acids is 1. The largest absolute Gasteiger partial charge is 0.375 e. The predicted octanol–water partition coefficient (Wildman–Crippen LogP) is 4.69. The van der Waals surface area contributed by atoms with Crippen LogP contribution in [0.3, 0.4) is 0 Å². The first-order valence-corrected chi connectivity index (χ1v) is 8.06. The van der Waals surface area contributed by atoms with Crippen LogP contribution in [0, 0.1) is 0 Å². The van der Waals surface area contributed by atoms with Crippen LogP contribution in [0.25, 0.3) is 0 Å². The SMILES string of the molecule is C=C(C)C(=O)CCCC(C)(C)OCCC(C)(C)OCCC. The van der Waals surface area contributed by atoms with E-state index in [4.69, 9.17) is 9.47 Å². The molecule has 0 saturated heterocycles. The molecule has 0 aliphatic carbocycles. The van der Waals surface area contributed by atoms with Gasteiger partial charge in [-0.2, -0.15) is 0 Å². The Morgan fingerprint density at radius 2 is 1.52 bits per heavy atom. The number of allylic oxidation sites excluding steroid dienone is 1. The van der Waals surface area contributed by atoms with Crippen LogP contribution in [-0.2, 0) is 14.3 Å². The molecule has 3 nitrogen and oxygen atoms in total. The number of ether oxygens (including phenoxy) is 2. The van der Waals surface area contributed by atoms with Gasteiger partial charge in [-0.15, -0.1) is 0 Å². The van der Waals surface area contributed by atoms with Crippen molar-refractivity contribution in [3.8, 4) is 0 Å². The lowest BCUT2D eigenvalue weighted by Crippen LogP contribution is -2.31. The fourth-order valence-corrected chi connectivity index (χ4v) is 1.98. The standard InChI is InChI=1S/C18H34O3/c1-8-13-20-18(6,7)12-14-21-17(4,5)11-9-10-16(19)15(2)3/h2,8-14H2,1,3-7H3. The molecule has 0 saturated carbocycles. The van der Waals surface area contributed by atoms with Crippen molar-refractivity contribution in [2.24, 2.45) is 0 Å². The molecular formula is C18H34O3. The van der Waals surface area contributed by atoms with Crippen molar-refractivity contribution in [1.82, 2.24) is 0 Å². The lowest BCUT2D eigenvalue weighted by molar-refractivity contribution is -0.116. The molecule has 0 amide bonds. The summed E-state index contributed by atoms with van der Waals surface area (Å²) >= 11 is 0. The summed E-state index contributed by atoms with van der Waals surface area (Å²) in [5.74, 6) is 0.153. The summed E-state index contributed by atoms with van der Waals surface area (Å²) in [7, 11) is 0. The van der Waals surface area contributed by atoms with E-state index in [1.54, 1.807) is 6.92 Å². The van der Waals surface area contributed by atoms with Gasteiger partial charge in [0.25, 0.3) is 0 Å². The van der Waals surface area contributed by atoms with E-state index in [1.807, 2.05) is 0 Å². The quantitative estimate of drug-likeness (QED) is 0.490. The summed E-state index contributed by atoms with van der Waals surface area (Å²) in [5.41, 5.74) is 0.307. The highest BCUT2D eigenvalue weighted by molar-refractivity contribution is 5.93. The highest BCUT2D eigenvalue weighted by atomic mass is 16.5. The molecule has 0 heterocycles. The second-order valence-corrected chi connectivity index (χ2v) is 7.02. The van der Waals surface area contributed by atoms with E-state index in [1.165, 1.54) is 0 Å². The van der Waals surface area contributed by atoms with Crippen LogP contribution in [0.15, 0.2) is 12.2 Å². The molecule has 0 aliphatic heterocycles. The van der Waals surface area contributed by atoms with Crippen molar-refractivity contribution in [1.29, 1.82) is 0 Å². The average Bonchev–Trinajstić information content (AvgIpc) is 2.35. The van der Waals surface area contributed by atoms with Crippen molar-refractivity contribution >= 4 is 5.78 Å². The molecule has 3 heteroatoms. The Morgan fingerprint density at radius 3 is 2.05 bits per heavy atom. The van der Waals surface area contributed by atoms with Gasteiger partial charge in [0.15, 0.2) is 5.78 Å². The molecule has 21 heavy (non-hydrogen) atoms. The second-order valence-electron chi connectivity index (χ2n) is 7.02. The monoisotopic (exact) mass is 298 g/mol. The summed E-state index contributed by atoms with van der Waals surface area (Å²) in [4.78, 5) is 11.5. The van der Waals surface area contributed by atoms with Gasteiger partial charge in [-0.05, 0) is 65.9 Å². The lowest BCUT2D eigenvalue weighted by atomic mass is 9.98. The van der Waals surface area contributed by atoms with Gasteiger partial charge >= 0.3 is 0 Å². The molecule has 0 aliphatic rings. The summed E-state index contributed by atoms with van der Waals surface area (Å²) in [5, 5.41) is 0. The topological polar surface area (TPSA) is 35.5 Å². The summed E-state index contributed by atoms with van der Waals surface area (Å²) in [6, 6.07) is 0. The van der Waals surface area contributed by atoms with Crippen LogP contribution in [0.2, 0.25) is 0 Å². The Hall–Kier alpha value is -0.670. The summed E-state index contributed by atoms with van der Waals surface area (Å²) in [6.07, 6.45) is 4.19. The zero-order valence-corrected chi connectivity index (χ0v) is 14.9. The van der Waals surface area contributed by atoms with Crippen molar-refractivity contribution in [2.45, 2.75) is 84.8 Å². The van der Waals surface area contributed by atoms with Crippen LogP contribution in [-0.4, -0.2) is 30.2 Å². The van der Waals surface area contributed by atoms with Gasteiger partial charge in [-0.3, -0.25) is 4.79 Å². The maximum absolute atomic E-state index is 11.5. The zero-order valence-electron chi connectivity index (χ0n) is 14.9. The van der Waals surface area contributed by atoms with E-state index >= 15 is 0 Å². The zero-order chi connectivity index (χ0) is 16.5. The molecule has 0 spiro atoms. The van der Waals surface area contributed by atoms with Gasteiger partial charge in [0.2, 0.25) is 0 Å². The first-order valence-electron chi connectivity index (χ1n) is 8.06. The van der Waals surface area contributed by atoms with Crippen molar-refractivity contribution < 1.29 is 14.3 Å². The molecule has 0 atom stereocenters. The third-order valence-electron chi connectivity index (χ3n) is 3.55. The number of Topliss-reactive ketones (excluding diaryl/α,β-unsaturated/α-hetero) is 1. The minimum absolute atomic E-state index is 0.137. The minimum Gasteiger partial charge on any atom is -0.375 e. The van der Waals surface area contributed by atoms with Crippen LogP contribution in [0.4, 0.5) is 0 Å². The molecule has 0 bridgehead atoms. The smallest absolute Gasteiger partial charge is 0.157 e. The third kappa shape index (κ3) is 10.7. The van der Waals surface area contributed by atoms with Crippen LogP contribution in [0.1, 0.15) is 73.6 Å². The molecule has 0 rings (SSSR count). The molecule has 124 valence electrons. The highest BCUT2D eigenvalue weighted by Gasteiger charge is 2.22. The number of ketones is 1. The molecule has 0 aromatic rings. The third-order valence-corrected chi connectivity index (χ3v) is 3.55. The van der Waals surface area contributed by atoms with E-state index in [0.717, 1.165) is 32.3 Å². The van der Waals surface area contributed by atoms with Crippen molar-refractivity contribution in [3.63, 3.8) is 0 Å². The first-order chi connectivity index (χ1) is 9.59. The van der Waals surface area contributed by atoms with Crippen molar-refractivity contribution in [3.05, 3.63) is 12.2 Å². The Kier molecular flexibility index (Phi) is 9.07. The van der Waals surface area contributed by atoms with Gasteiger partial charge in [-0.25, -0.2) is 0 Å². The molecule has 0 aromatic carbocycles. The molecule has 0 N–H and O–H groups in total. The van der Waals surface area contributed by atoms with Gasteiger partial charge in [-0.1, -0.05) is 13.5 Å². The van der Waals surface area contributed by atoms with Gasteiger partial charge in [0.1, 0.15) is 0 Å². The Bertz CT molecular complexity index is 329. The van der Waals surface area contributed by atoms with Crippen LogP contribution < -0.4 is 0 Å². The number of carbonyl (C=O) groups is 1. The normalized spacial score (nSPS) is 12.5. The highest BCUT2D eigenvalue weighted by Crippen LogP contribution is 2.21. The maximum Gasteiger partial charge on any atom is 0.157 e. The minimum atomic E-state index is -0.198. The lowest BCUT2D eigenvalue weighted by Gasteiger charge is -2.29. The van der Waals surface area contributed by atoms with Crippen LogP contribution >= 0.6 is 0 Å². The average molecular weight is 298 g/mol. The van der Waals surface area contributed by atoms with E-state index in [-0.39, 0.29) is 17.0 Å². The molecule has 0 radical (unpaired) electrons. The number of rotatable bonds is 12. The van der Waals surface area contributed by atoms with E-state index in [0.29, 0.717) is 18.6 Å². The van der Waals surface area contributed by atoms with Crippen LogP contribution in [0.5, 0.6) is 0 Å². The molecule has 0 unspecified atom stereocenters. The number of hydrogen-bond acceptors (Lipinski definition) is 3. The van der Waals surface area contributed by atoms with E-state index in [9.17, 15) is 4.79 Å². The number of hydrogen-bond donors (Lipinski definition) is 0. The Labute approximate surface area is 131 Å². The second kappa shape index (κ2) is 9.37. The van der Waals surface area contributed by atoms with E-state index in [2.05, 4.69) is 41.2 Å².